The molecular formula is C18H29N3O2. The predicted molar refractivity (Wildman–Crippen MR) is 90.1 cm³/mol. The summed E-state index contributed by atoms with van der Waals surface area (Å²) in [5.41, 5.74) is 0. The van der Waals surface area contributed by atoms with Crippen LogP contribution in [0, 0.1) is 5.92 Å². The van der Waals surface area contributed by atoms with Gasteiger partial charge in [0, 0.05) is 57.1 Å². The van der Waals surface area contributed by atoms with Gasteiger partial charge in [-0.1, -0.05) is 0 Å². The summed E-state index contributed by atoms with van der Waals surface area (Å²) in [5, 5.41) is 9.46. The van der Waals surface area contributed by atoms with Gasteiger partial charge in [0.1, 0.15) is 0 Å². The van der Waals surface area contributed by atoms with Gasteiger partial charge in [0.25, 0.3) is 0 Å². The van der Waals surface area contributed by atoms with Crippen LogP contribution in [0.3, 0.4) is 0 Å². The van der Waals surface area contributed by atoms with Gasteiger partial charge in [-0.2, -0.15) is 0 Å². The molecule has 0 radical (unpaired) electrons. The number of rotatable bonds is 4. The fraction of sp³-hybridized carbons (Fsp3) is 0.722. The van der Waals surface area contributed by atoms with E-state index in [1.165, 1.54) is 0 Å². The van der Waals surface area contributed by atoms with Crippen molar-refractivity contribution in [2.75, 3.05) is 32.7 Å². The van der Waals surface area contributed by atoms with E-state index in [-0.39, 0.29) is 12.0 Å². The molecule has 1 aromatic heterocycles. The molecule has 1 aromatic rings. The van der Waals surface area contributed by atoms with Crippen molar-refractivity contribution in [1.82, 2.24) is 14.4 Å². The van der Waals surface area contributed by atoms with Crippen LogP contribution in [0.15, 0.2) is 24.5 Å². The number of nitrogens with zero attached hydrogens (tertiary/aromatic N) is 3. The van der Waals surface area contributed by atoms with Crippen molar-refractivity contribution < 1.29 is 9.90 Å². The van der Waals surface area contributed by atoms with E-state index >= 15 is 0 Å². The van der Waals surface area contributed by atoms with Crippen LogP contribution in [0.4, 0.5) is 0 Å². The number of hydrogen-bond acceptors (Lipinski definition) is 3. The molecule has 0 bridgehead atoms. The number of hydrogen-bond donors (Lipinski definition) is 1. The van der Waals surface area contributed by atoms with Crippen LogP contribution in [-0.4, -0.2) is 64.2 Å². The highest BCUT2D eigenvalue weighted by atomic mass is 16.3. The number of carbonyl (C=O) groups excluding carboxylic acids is 1. The maximum absolute atomic E-state index is 12.7. The lowest BCUT2D eigenvalue weighted by atomic mass is 9.85. The van der Waals surface area contributed by atoms with Crippen molar-refractivity contribution in [3.8, 4) is 0 Å². The molecule has 2 heterocycles. The van der Waals surface area contributed by atoms with Gasteiger partial charge in [-0.05, 0) is 44.7 Å². The zero-order chi connectivity index (χ0) is 16.2. The number of aliphatic hydroxyl groups excluding tert-OH is 1. The lowest BCUT2D eigenvalue weighted by Gasteiger charge is -2.38. The molecule has 128 valence electrons. The molecule has 2 fully saturated rings. The van der Waals surface area contributed by atoms with E-state index in [9.17, 15) is 9.90 Å². The fourth-order valence-electron chi connectivity index (χ4n) is 3.99. The van der Waals surface area contributed by atoms with Crippen LogP contribution in [-0.2, 0) is 4.79 Å². The number of aromatic nitrogens is 1. The Bertz CT molecular complexity index is 484. The van der Waals surface area contributed by atoms with Gasteiger partial charge >= 0.3 is 0 Å². The first-order valence-electron chi connectivity index (χ1n) is 8.95. The van der Waals surface area contributed by atoms with Gasteiger partial charge in [0.05, 0.1) is 6.10 Å². The van der Waals surface area contributed by atoms with Crippen LogP contribution < -0.4 is 0 Å². The fourth-order valence-corrected chi connectivity index (χ4v) is 3.99. The Morgan fingerprint density at radius 2 is 1.70 bits per heavy atom. The number of carbonyl (C=O) groups is 1. The Balaban J connectivity index is 1.45. The summed E-state index contributed by atoms with van der Waals surface area (Å²) in [4.78, 5) is 17.0. The van der Waals surface area contributed by atoms with Crippen LogP contribution in [0.2, 0.25) is 0 Å². The average Bonchev–Trinajstić information content (AvgIpc) is 3.09. The Kier molecular flexibility index (Phi) is 5.38. The highest BCUT2D eigenvalue weighted by Gasteiger charge is 2.31. The monoisotopic (exact) mass is 319 g/mol. The van der Waals surface area contributed by atoms with Crippen LogP contribution in [0.5, 0.6) is 0 Å². The van der Waals surface area contributed by atoms with Gasteiger partial charge in [0.2, 0.25) is 5.91 Å². The second-order valence-electron chi connectivity index (χ2n) is 7.11. The SMILES string of the molecule is C[C@@H](O)CN1CCN(C(=O)C2CCC(n3cccc3)CC2)CC1. The van der Waals surface area contributed by atoms with E-state index in [0.29, 0.717) is 18.5 Å². The van der Waals surface area contributed by atoms with Gasteiger partial charge in [0.15, 0.2) is 0 Å². The van der Waals surface area contributed by atoms with Crippen LogP contribution >= 0.6 is 0 Å². The van der Waals surface area contributed by atoms with E-state index in [0.717, 1.165) is 51.9 Å². The molecule has 0 unspecified atom stereocenters. The molecule has 5 nitrogen and oxygen atoms in total. The van der Waals surface area contributed by atoms with E-state index in [4.69, 9.17) is 0 Å². The smallest absolute Gasteiger partial charge is 0.225 e. The minimum absolute atomic E-state index is 0.213. The number of amides is 1. The van der Waals surface area contributed by atoms with Crippen molar-refractivity contribution >= 4 is 5.91 Å². The zero-order valence-corrected chi connectivity index (χ0v) is 14.1. The van der Waals surface area contributed by atoms with E-state index in [1.54, 1.807) is 0 Å². The van der Waals surface area contributed by atoms with Crippen molar-refractivity contribution in [1.29, 1.82) is 0 Å². The summed E-state index contributed by atoms with van der Waals surface area (Å²) in [6.45, 7) is 5.92. The Morgan fingerprint density at radius 3 is 2.26 bits per heavy atom. The third kappa shape index (κ3) is 4.15. The van der Waals surface area contributed by atoms with Gasteiger partial charge in [-0.15, -0.1) is 0 Å². The minimum atomic E-state index is -0.291. The van der Waals surface area contributed by atoms with E-state index < -0.39 is 0 Å². The van der Waals surface area contributed by atoms with Crippen molar-refractivity contribution in [2.45, 2.75) is 44.8 Å². The Morgan fingerprint density at radius 1 is 1.09 bits per heavy atom. The minimum Gasteiger partial charge on any atom is -0.392 e. The summed E-state index contributed by atoms with van der Waals surface area (Å²) in [7, 11) is 0. The van der Waals surface area contributed by atoms with E-state index in [2.05, 4.69) is 34.0 Å². The van der Waals surface area contributed by atoms with Crippen molar-refractivity contribution in [3.63, 3.8) is 0 Å². The number of aliphatic hydroxyl groups is 1. The van der Waals surface area contributed by atoms with Gasteiger partial charge in [-0.3, -0.25) is 9.69 Å². The molecule has 1 saturated heterocycles. The summed E-state index contributed by atoms with van der Waals surface area (Å²) >= 11 is 0. The van der Waals surface area contributed by atoms with Crippen molar-refractivity contribution in [2.24, 2.45) is 5.92 Å². The normalized spacial score (nSPS) is 27.8. The molecular weight excluding hydrogens is 290 g/mol. The molecule has 0 aromatic carbocycles. The molecule has 2 aliphatic rings. The molecule has 1 aliphatic carbocycles. The largest absolute Gasteiger partial charge is 0.392 e. The third-order valence-corrected chi connectivity index (χ3v) is 5.30. The van der Waals surface area contributed by atoms with Gasteiger partial charge in [-0.25, -0.2) is 0 Å². The number of β-amino-alcohol motifs (C(OH)–C–C–N with tert-alkyl or cyclic N) is 1. The summed E-state index contributed by atoms with van der Waals surface area (Å²) in [6, 6.07) is 4.71. The maximum atomic E-state index is 12.7. The average molecular weight is 319 g/mol. The zero-order valence-electron chi connectivity index (χ0n) is 14.1. The molecule has 1 atom stereocenters. The second kappa shape index (κ2) is 7.49. The van der Waals surface area contributed by atoms with E-state index in [1.807, 2.05) is 11.8 Å². The second-order valence-corrected chi connectivity index (χ2v) is 7.11. The molecule has 1 aliphatic heterocycles. The molecule has 23 heavy (non-hydrogen) atoms. The van der Waals surface area contributed by atoms with Gasteiger partial charge < -0.3 is 14.6 Å². The molecule has 1 N–H and O–H groups in total. The summed E-state index contributed by atoms with van der Waals surface area (Å²) in [5.74, 6) is 0.567. The lowest BCUT2D eigenvalue weighted by molar-refractivity contribution is -0.138. The molecule has 3 rings (SSSR count). The highest BCUT2D eigenvalue weighted by molar-refractivity contribution is 5.79. The molecule has 1 amide bonds. The summed E-state index contributed by atoms with van der Waals surface area (Å²) in [6.07, 6.45) is 8.20. The number of piperazine rings is 1. The third-order valence-electron chi connectivity index (χ3n) is 5.30. The molecule has 5 heteroatoms. The first-order chi connectivity index (χ1) is 11.1. The molecule has 1 saturated carbocycles. The standard InChI is InChI=1S/C18H29N3O2/c1-15(22)14-19-10-12-21(13-11-19)18(23)16-4-6-17(7-5-16)20-8-2-3-9-20/h2-3,8-9,15-17,22H,4-7,10-14H2,1H3/t15-,16?,17?/m1/s1. The predicted octanol–water partition coefficient (Wildman–Crippen LogP) is 1.74. The Labute approximate surface area is 138 Å². The quantitative estimate of drug-likeness (QED) is 0.920. The van der Waals surface area contributed by atoms with Crippen LogP contribution in [0.25, 0.3) is 0 Å². The molecule has 0 spiro atoms. The first kappa shape index (κ1) is 16.5. The maximum Gasteiger partial charge on any atom is 0.225 e. The first-order valence-corrected chi connectivity index (χ1v) is 8.95. The Hall–Kier alpha value is -1.33. The van der Waals surface area contributed by atoms with Crippen molar-refractivity contribution in [3.05, 3.63) is 24.5 Å². The van der Waals surface area contributed by atoms with Crippen LogP contribution in [0.1, 0.15) is 38.6 Å². The summed E-state index contributed by atoms with van der Waals surface area (Å²) < 4.78 is 2.29. The topological polar surface area (TPSA) is 48.7 Å². The lowest BCUT2D eigenvalue weighted by Crippen LogP contribution is -2.51. The highest BCUT2D eigenvalue weighted by Crippen LogP contribution is 2.33.